The van der Waals surface area contributed by atoms with Crippen LogP contribution >= 0.6 is 15.9 Å². The Hall–Kier alpha value is -3.64. The molecule has 0 fully saturated rings. The third-order valence-electron chi connectivity index (χ3n) is 5.91. The maximum atomic E-state index is 13.6. The van der Waals surface area contributed by atoms with E-state index in [0.29, 0.717) is 5.69 Å². The summed E-state index contributed by atoms with van der Waals surface area (Å²) >= 11 is 3.50. The van der Waals surface area contributed by atoms with Crippen molar-refractivity contribution in [2.24, 2.45) is 7.05 Å². The molecule has 0 radical (unpaired) electrons. The predicted molar refractivity (Wildman–Crippen MR) is 138 cm³/mol. The first-order valence-electron chi connectivity index (χ1n) is 10.7. The van der Waals surface area contributed by atoms with Crippen molar-refractivity contribution in [2.75, 3.05) is 19.0 Å². The number of carbonyl (C=O) groups excluding carboxylic acids is 1. The molecule has 0 unspecified atom stereocenters. The van der Waals surface area contributed by atoms with Gasteiger partial charge >= 0.3 is 5.78 Å². The second kappa shape index (κ2) is 8.37. The fourth-order valence-corrected chi connectivity index (χ4v) is 4.42. The SMILES string of the molecule is CN(C)c1ccc(/C=C/C(=O)c2c(-c3ccc(Br)cc3)[nH]c3n2c2ccccc2[n+]3C)cc1. The molecule has 0 atom stereocenters. The zero-order valence-corrected chi connectivity index (χ0v) is 20.3. The number of imidazole rings is 2. The van der Waals surface area contributed by atoms with Crippen LogP contribution in [-0.4, -0.2) is 29.3 Å². The number of benzene rings is 3. The third-order valence-corrected chi connectivity index (χ3v) is 6.44. The number of anilines is 1. The minimum absolute atomic E-state index is 0.0581. The van der Waals surface area contributed by atoms with E-state index >= 15 is 0 Å². The lowest BCUT2D eigenvalue weighted by Crippen LogP contribution is -2.27. The molecule has 0 aliphatic rings. The maximum absolute atomic E-state index is 13.6. The van der Waals surface area contributed by atoms with Crippen LogP contribution in [-0.2, 0) is 7.05 Å². The first-order valence-corrected chi connectivity index (χ1v) is 11.5. The summed E-state index contributed by atoms with van der Waals surface area (Å²) in [6.07, 6.45) is 3.53. The number of aromatic amines is 1. The van der Waals surface area contributed by atoms with Gasteiger partial charge in [0.1, 0.15) is 16.7 Å². The molecule has 0 aliphatic heterocycles. The first kappa shape index (κ1) is 21.2. The van der Waals surface area contributed by atoms with Gasteiger partial charge in [-0.2, -0.15) is 4.40 Å². The quantitative estimate of drug-likeness (QED) is 0.193. The minimum atomic E-state index is -0.0581. The number of aromatic nitrogens is 3. The predicted octanol–water partition coefficient (Wildman–Crippen LogP) is 5.64. The maximum Gasteiger partial charge on any atom is 0.368 e. The van der Waals surface area contributed by atoms with E-state index in [9.17, 15) is 4.79 Å². The fourth-order valence-electron chi connectivity index (χ4n) is 4.16. The largest absolute Gasteiger partial charge is 0.378 e. The molecule has 2 aromatic heterocycles. The summed E-state index contributed by atoms with van der Waals surface area (Å²) in [6, 6.07) is 24.2. The number of ketones is 1. The Morgan fingerprint density at radius 1 is 1.00 bits per heavy atom. The van der Waals surface area contributed by atoms with Crippen LogP contribution in [0, 0.1) is 0 Å². The molecule has 1 N–H and O–H groups in total. The van der Waals surface area contributed by atoms with E-state index in [-0.39, 0.29) is 5.78 Å². The fraction of sp³-hybridized carbons (Fsp3) is 0.111. The number of nitrogens with zero attached hydrogens (tertiary/aromatic N) is 3. The lowest BCUT2D eigenvalue weighted by molar-refractivity contribution is -0.620. The average Bonchev–Trinajstić information content (AvgIpc) is 3.34. The topological polar surface area (TPSA) is 44.4 Å². The van der Waals surface area contributed by atoms with E-state index in [1.807, 2.05) is 98.3 Å². The van der Waals surface area contributed by atoms with Gasteiger partial charge < -0.3 is 4.90 Å². The molecular weight excluding hydrogens is 476 g/mol. The van der Waals surface area contributed by atoms with Gasteiger partial charge in [-0.25, -0.2) is 9.55 Å². The third kappa shape index (κ3) is 3.76. The molecule has 33 heavy (non-hydrogen) atoms. The standard InChI is InChI=1S/C27H23BrN4O/c1-30(2)21-15-8-18(9-16-21)10-17-24(33)26-25(19-11-13-20(28)14-12-19)29-27-31(3)22-6-4-5-7-23(22)32(26)27/h4-17H,1-3H3/p+1/b17-10+. The van der Waals surface area contributed by atoms with Crippen LogP contribution in [0.1, 0.15) is 16.1 Å². The summed E-state index contributed by atoms with van der Waals surface area (Å²) in [6.45, 7) is 0. The summed E-state index contributed by atoms with van der Waals surface area (Å²) in [7, 11) is 6.03. The van der Waals surface area contributed by atoms with Gasteiger partial charge in [0.15, 0.2) is 5.69 Å². The summed E-state index contributed by atoms with van der Waals surface area (Å²) in [4.78, 5) is 19.2. The second-order valence-electron chi connectivity index (χ2n) is 8.25. The van der Waals surface area contributed by atoms with Crippen LogP contribution in [0.2, 0.25) is 0 Å². The van der Waals surface area contributed by atoms with Gasteiger partial charge in [0, 0.05) is 29.8 Å². The number of para-hydroxylation sites is 2. The number of aryl methyl sites for hydroxylation is 1. The minimum Gasteiger partial charge on any atom is -0.378 e. The van der Waals surface area contributed by atoms with Crippen LogP contribution in [0.4, 0.5) is 5.69 Å². The van der Waals surface area contributed by atoms with E-state index in [0.717, 1.165) is 43.8 Å². The van der Waals surface area contributed by atoms with Crippen molar-refractivity contribution in [3.8, 4) is 11.3 Å². The van der Waals surface area contributed by atoms with Crippen LogP contribution in [0.15, 0.2) is 83.3 Å². The van der Waals surface area contributed by atoms with Gasteiger partial charge in [-0.1, -0.05) is 58.4 Å². The highest BCUT2D eigenvalue weighted by molar-refractivity contribution is 9.10. The second-order valence-corrected chi connectivity index (χ2v) is 9.16. The van der Waals surface area contributed by atoms with Crippen molar-refractivity contribution in [3.05, 3.63) is 94.6 Å². The highest BCUT2D eigenvalue weighted by Crippen LogP contribution is 2.29. The highest BCUT2D eigenvalue weighted by Gasteiger charge is 2.29. The van der Waals surface area contributed by atoms with Gasteiger partial charge in [0.25, 0.3) is 0 Å². The Balaban J connectivity index is 1.66. The summed E-state index contributed by atoms with van der Waals surface area (Å²) < 4.78 is 5.10. The Bertz CT molecular complexity index is 1510. The molecule has 0 saturated carbocycles. The van der Waals surface area contributed by atoms with Gasteiger partial charge in [-0.05, 0) is 48.0 Å². The molecule has 0 spiro atoms. The molecule has 164 valence electrons. The van der Waals surface area contributed by atoms with E-state index in [2.05, 4.69) is 36.4 Å². The van der Waals surface area contributed by atoms with Gasteiger partial charge in [0.05, 0.1) is 7.05 Å². The number of hydrogen-bond donors (Lipinski definition) is 1. The van der Waals surface area contributed by atoms with Crippen molar-refractivity contribution in [2.45, 2.75) is 0 Å². The van der Waals surface area contributed by atoms with E-state index in [1.54, 1.807) is 6.08 Å². The number of rotatable bonds is 5. The molecule has 2 heterocycles. The summed E-state index contributed by atoms with van der Waals surface area (Å²) in [5, 5.41) is 0. The molecule has 0 bridgehead atoms. The Morgan fingerprint density at radius 3 is 2.39 bits per heavy atom. The number of halogens is 1. The lowest BCUT2D eigenvalue weighted by atomic mass is 10.1. The molecule has 5 aromatic rings. The Kier molecular flexibility index (Phi) is 5.38. The van der Waals surface area contributed by atoms with Crippen molar-refractivity contribution in [1.82, 2.24) is 9.38 Å². The molecule has 0 saturated heterocycles. The smallest absolute Gasteiger partial charge is 0.368 e. The molecule has 0 amide bonds. The van der Waals surface area contributed by atoms with Gasteiger partial charge in [-0.15, -0.1) is 0 Å². The van der Waals surface area contributed by atoms with Crippen LogP contribution < -0.4 is 9.47 Å². The van der Waals surface area contributed by atoms with Gasteiger partial charge in [-0.3, -0.25) is 4.79 Å². The average molecular weight is 500 g/mol. The monoisotopic (exact) mass is 499 g/mol. The Labute approximate surface area is 200 Å². The number of allylic oxidation sites excluding steroid dienone is 1. The molecule has 5 nitrogen and oxygen atoms in total. The molecule has 3 aromatic carbocycles. The van der Waals surface area contributed by atoms with Crippen LogP contribution in [0.25, 0.3) is 34.1 Å². The normalized spacial score (nSPS) is 11.6. The number of hydrogen-bond acceptors (Lipinski definition) is 2. The number of fused-ring (bicyclic) bond motifs is 3. The van der Waals surface area contributed by atoms with Crippen molar-refractivity contribution >= 4 is 50.3 Å². The zero-order chi connectivity index (χ0) is 23.1. The van der Waals surface area contributed by atoms with E-state index < -0.39 is 0 Å². The number of nitrogens with one attached hydrogen (secondary N) is 1. The molecular formula is C27H24BrN4O+. The van der Waals surface area contributed by atoms with Crippen molar-refractivity contribution < 1.29 is 9.36 Å². The van der Waals surface area contributed by atoms with Crippen molar-refractivity contribution in [3.63, 3.8) is 0 Å². The highest BCUT2D eigenvalue weighted by atomic mass is 79.9. The Morgan fingerprint density at radius 2 is 1.70 bits per heavy atom. The molecule has 0 aliphatic carbocycles. The summed E-state index contributed by atoms with van der Waals surface area (Å²) in [5.41, 5.74) is 6.52. The summed E-state index contributed by atoms with van der Waals surface area (Å²) in [5.74, 6) is 0.804. The van der Waals surface area contributed by atoms with E-state index in [1.165, 1.54) is 0 Å². The molecule has 5 rings (SSSR count). The van der Waals surface area contributed by atoms with Crippen LogP contribution in [0.3, 0.4) is 0 Å². The van der Waals surface area contributed by atoms with Crippen molar-refractivity contribution in [1.29, 1.82) is 0 Å². The van der Waals surface area contributed by atoms with Crippen LogP contribution in [0.5, 0.6) is 0 Å². The number of H-pyrrole nitrogens is 1. The van der Waals surface area contributed by atoms with Gasteiger partial charge in [0.2, 0.25) is 5.78 Å². The zero-order valence-electron chi connectivity index (χ0n) is 18.7. The number of carbonyl (C=O) groups is 1. The molecule has 6 heteroatoms. The lowest BCUT2D eigenvalue weighted by Gasteiger charge is -2.11. The van der Waals surface area contributed by atoms with E-state index in [4.69, 9.17) is 0 Å². The first-order chi connectivity index (χ1) is 15.9.